The lowest BCUT2D eigenvalue weighted by atomic mass is 9.97. The van der Waals surface area contributed by atoms with Crippen molar-refractivity contribution < 1.29 is 9.84 Å². The van der Waals surface area contributed by atoms with Gasteiger partial charge in [0.2, 0.25) is 0 Å². The minimum atomic E-state index is -0.290. The molecule has 86 valence electrons. The van der Waals surface area contributed by atoms with Crippen LogP contribution in [0.4, 0.5) is 0 Å². The van der Waals surface area contributed by atoms with Crippen molar-refractivity contribution in [1.29, 1.82) is 0 Å². The van der Waals surface area contributed by atoms with E-state index >= 15 is 0 Å². The molecule has 0 bridgehead atoms. The fourth-order valence-corrected chi connectivity index (χ4v) is 1.71. The molecule has 0 fully saturated rings. The number of rotatable bonds is 8. The predicted octanol–water partition coefficient (Wildman–Crippen LogP) is 2.99. The molecule has 0 radical (unpaired) electrons. The first-order chi connectivity index (χ1) is 6.63. The zero-order valence-electron chi connectivity index (χ0n) is 10.1. The minimum Gasteiger partial charge on any atom is -0.390 e. The lowest BCUT2D eigenvalue weighted by molar-refractivity contribution is -0.0602. The summed E-state index contributed by atoms with van der Waals surface area (Å²) >= 11 is 0. The Morgan fingerprint density at radius 2 is 1.79 bits per heavy atom. The van der Waals surface area contributed by atoms with Crippen LogP contribution in [0.5, 0.6) is 0 Å². The highest BCUT2D eigenvalue weighted by Gasteiger charge is 2.22. The van der Waals surface area contributed by atoms with Crippen LogP contribution in [0.1, 0.15) is 53.4 Å². The van der Waals surface area contributed by atoms with Gasteiger partial charge in [-0.2, -0.15) is 0 Å². The molecule has 0 saturated heterocycles. The highest BCUT2D eigenvalue weighted by atomic mass is 16.5. The normalized spacial score (nSPS) is 15.9. The van der Waals surface area contributed by atoms with E-state index in [0.29, 0.717) is 12.5 Å². The van der Waals surface area contributed by atoms with E-state index in [2.05, 4.69) is 20.8 Å². The maximum absolute atomic E-state index is 9.91. The molecule has 2 heteroatoms. The van der Waals surface area contributed by atoms with Crippen LogP contribution in [0.2, 0.25) is 0 Å². The molecule has 14 heavy (non-hydrogen) atoms. The van der Waals surface area contributed by atoms with Crippen molar-refractivity contribution in [3.05, 3.63) is 0 Å². The highest BCUT2D eigenvalue weighted by molar-refractivity contribution is 4.72. The second-order valence-corrected chi connectivity index (χ2v) is 4.23. The third-order valence-electron chi connectivity index (χ3n) is 2.50. The lowest BCUT2D eigenvalue weighted by Gasteiger charge is -2.26. The largest absolute Gasteiger partial charge is 0.390 e. The van der Waals surface area contributed by atoms with Crippen molar-refractivity contribution >= 4 is 0 Å². The SMILES string of the molecule is CCCCCC(O)C(OCC)C(C)C. The minimum absolute atomic E-state index is 0.0110. The van der Waals surface area contributed by atoms with Gasteiger partial charge >= 0.3 is 0 Å². The average Bonchev–Trinajstić information content (AvgIpc) is 2.13. The molecule has 0 aromatic rings. The fourth-order valence-electron chi connectivity index (χ4n) is 1.71. The molecular weight excluding hydrogens is 176 g/mol. The maximum Gasteiger partial charge on any atom is 0.0856 e. The van der Waals surface area contributed by atoms with Crippen LogP contribution >= 0.6 is 0 Å². The molecular formula is C12H26O2. The van der Waals surface area contributed by atoms with Gasteiger partial charge in [0.1, 0.15) is 0 Å². The number of aliphatic hydroxyl groups is 1. The summed E-state index contributed by atoms with van der Waals surface area (Å²) in [5.74, 6) is 0.395. The summed E-state index contributed by atoms with van der Waals surface area (Å²) in [5.41, 5.74) is 0. The summed E-state index contributed by atoms with van der Waals surface area (Å²) in [6.45, 7) is 9.05. The second-order valence-electron chi connectivity index (χ2n) is 4.23. The van der Waals surface area contributed by atoms with E-state index in [1.807, 2.05) is 6.92 Å². The predicted molar refractivity (Wildman–Crippen MR) is 60.4 cm³/mol. The summed E-state index contributed by atoms with van der Waals surface area (Å²) in [6.07, 6.45) is 4.10. The van der Waals surface area contributed by atoms with Crippen molar-refractivity contribution in [1.82, 2.24) is 0 Å². The summed E-state index contributed by atoms with van der Waals surface area (Å²) in [5, 5.41) is 9.91. The van der Waals surface area contributed by atoms with Crippen LogP contribution < -0.4 is 0 Å². The monoisotopic (exact) mass is 202 g/mol. The molecule has 0 rings (SSSR count). The fraction of sp³-hybridized carbons (Fsp3) is 1.00. The van der Waals surface area contributed by atoms with Crippen LogP contribution in [-0.2, 0) is 4.74 Å². The summed E-state index contributed by atoms with van der Waals surface area (Å²) in [4.78, 5) is 0. The van der Waals surface area contributed by atoms with Gasteiger partial charge in [-0.15, -0.1) is 0 Å². The van der Waals surface area contributed by atoms with Gasteiger partial charge in [-0.25, -0.2) is 0 Å². The number of hydrogen-bond donors (Lipinski definition) is 1. The topological polar surface area (TPSA) is 29.5 Å². The summed E-state index contributed by atoms with van der Waals surface area (Å²) in [6, 6.07) is 0. The van der Waals surface area contributed by atoms with Gasteiger partial charge in [0.05, 0.1) is 12.2 Å². The van der Waals surface area contributed by atoms with Gasteiger partial charge in [-0.3, -0.25) is 0 Å². The van der Waals surface area contributed by atoms with E-state index in [1.54, 1.807) is 0 Å². The van der Waals surface area contributed by atoms with Crippen molar-refractivity contribution in [3.8, 4) is 0 Å². The van der Waals surface area contributed by atoms with Crippen molar-refractivity contribution in [2.45, 2.75) is 65.6 Å². The Kier molecular flexibility index (Phi) is 8.20. The van der Waals surface area contributed by atoms with E-state index in [9.17, 15) is 5.11 Å². The third-order valence-corrected chi connectivity index (χ3v) is 2.50. The molecule has 2 unspecified atom stereocenters. The molecule has 1 N–H and O–H groups in total. The Balaban J connectivity index is 3.82. The van der Waals surface area contributed by atoms with Crippen LogP contribution in [0.3, 0.4) is 0 Å². The molecule has 0 amide bonds. The molecule has 0 aliphatic rings. The molecule has 0 saturated carbocycles. The Labute approximate surface area is 88.7 Å². The van der Waals surface area contributed by atoms with Gasteiger partial charge in [0.25, 0.3) is 0 Å². The molecule has 2 nitrogen and oxygen atoms in total. The van der Waals surface area contributed by atoms with Gasteiger partial charge in [-0.05, 0) is 19.3 Å². The van der Waals surface area contributed by atoms with Crippen LogP contribution in [0, 0.1) is 5.92 Å². The van der Waals surface area contributed by atoms with Crippen LogP contribution in [0.15, 0.2) is 0 Å². The van der Waals surface area contributed by atoms with Crippen LogP contribution in [0.25, 0.3) is 0 Å². The lowest BCUT2D eigenvalue weighted by Crippen LogP contribution is -2.33. The smallest absolute Gasteiger partial charge is 0.0856 e. The quantitative estimate of drug-likeness (QED) is 0.613. The molecule has 0 aromatic carbocycles. The average molecular weight is 202 g/mol. The Hall–Kier alpha value is -0.0800. The Morgan fingerprint density at radius 1 is 1.14 bits per heavy atom. The van der Waals surface area contributed by atoms with Gasteiger partial charge in [-0.1, -0.05) is 40.0 Å². The summed E-state index contributed by atoms with van der Waals surface area (Å²) in [7, 11) is 0. The summed E-state index contributed by atoms with van der Waals surface area (Å²) < 4.78 is 5.55. The number of ether oxygens (including phenoxy) is 1. The Morgan fingerprint density at radius 3 is 2.21 bits per heavy atom. The maximum atomic E-state index is 9.91. The third kappa shape index (κ3) is 5.61. The number of aliphatic hydroxyl groups excluding tert-OH is 1. The van der Waals surface area contributed by atoms with Crippen molar-refractivity contribution in [2.75, 3.05) is 6.61 Å². The molecule has 2 atom stereocenters. The van der Waals surface area contributed by atoms with E-state index < -0.39 is 0 Å². The second kappa shape index (κ2) is 8.25. The molecule has 0 heterocycles. The molecule has 0 aliphatic heterocycles. The van der Waals surface area contributed by atoms with Gasteiger partial charge < -0.3 is 9.84 Å². The highest BCUT2D eigenvalue weighted by Crippen LogP contribution is 2.16. The van der Waals surface area contributed by atoms with E-state index in [-0.39, 0.29) is 12.2 Å². The molecule has 0 aliphatic carbocycles. The van der Waals surface area contributed by atoms with Crippen molar-refractivity contribution in [2.24, 2.45) is 5.92 Å². The zero-order valence-corrected chi connectivity index (χ0v) is 10.1. The first kappa shape index (κ1) is 13.9. The van der Waals surface area contributed by atoms with Crippen molar-refractivity contribution in [3.63, 3.8) is 0 Å². The van der Waals surface area contributed by atoms with Gasteiger partial charge in [0, 0.05) is 6.61 Å². The van der Waals surface area contributed by atoms with E-state index in [0.717, 1.165) is 12.8 Å². The molecule has 0 spiro atoms. The number of unbranched alkanes of at least 4 members (excludes halogenated alkanes) is 2. The van der Waals surface area contributed by atoms with E-state index in [1.165, 1.54) is 12.8 Å². The van der Waals surface area contributed by atoms with E-state index in [4.69, 9.17) is 4.74 Å². The Bertz CT molecular complexity index is 123. The number of hydrogen-bond acceptors (Lipinski definition) is 2. The zero-order chi connectivity index (χ0) is 11.0. The first-order valence-electron chi connectivity index (χ1n) is 5.93. The van der Waals surface area contributed by atoms with Crippen LogP contribution in [-0.4, -0.2) is 23.9 Å². The standard InChI is InChI=1S/C12H26O2/c1-5-7-8-9-11(13)12(10(3)4)14-6-2/h10-13H,5-9H2,1-4H3. The molecule has 0 aromatic heterocycles. The van der Waals surface area contributed by atoms with Gasteiger partial charge in [0.15, 0.2) is 0 Å². The first-order valence-corrected chi connectivity index (χ1v) is 5.93.